The zero-order valence-corrected chi connectivity index (χ0v) is 16.5. The number of nitro groups is 1. The van der Waals surface area contributed by atoms with Gasteiger partial charge in [0.1, 0.15) is 5.75 Å². The average molecular weight is 404 g/mol. The number of anilines is 1. The number of hydrogen-bond acceptors (Lipinski definition) is 7. The van der Waals surface area contributed by atoms with E-state index in [2.05, 4.69) is 5.32 Å². The number of methoxy groups -OCH3 is 1. The van der Waals surface area contributed by atoms with Crippen LogP contribution < -0.4 is 10.1 Å². The molecule has 1 N–H and O–H groups in total. The van der Waals surface area contributed by atoms with Crippen LogP contribution in [0.2, 0.25) is 0 Å². The van der Waals surface area contributed by atoms with Crippen molar-refractivity contribution in [3.63, 3.8) is 0 Å². The van der Waals surface area contributed by atoms with E-state index in [4.69, 9.17) is 9.47 Å². The number of carbonyl (C=O) groups is 2. The first kappa shape index (κ1) is 21.2. The summed E-state index contributed by atoms with van der Waals surface area (Å²) >= 11 is 1.35. The first-order valence-electron chi connectivity index (χ1n) is 8.28. The predicted octanol–water partition coefficient (Wildman–Crippen LogP) is 3.49. The molecule has 0 spiro atoms. The minimum atomic E-state index is -0.572. The molecule has 1 amide bonds. The van der Waals surface area contributed by atoms with Gasteiger partial charge in [-0.15, -0.1) is 11.8 Å². The molecule has 0 bridgehead atoms. The molecular formula is C19H20N2O6S. The van der Waals surface area contributed by atoms with Gasteiger partial charge in [-0.2, -0.15) is 0 Å². The molecule has 0 unspecified atom stereocenters. The number of non-ortho nitro benzene ring substituents is 1. The van der Waals surface area contributed by atoms with Crippen molar-refractivity contribution in [2.45, 2.75) is 18.7 Å². The van der Waals surface area contributed by atoms with Gasteiger partial charge >= 0.3 is 5.97 Å². The Hall–Kier alpha value is -3.07. The van der Waals surface area contributed by atoms with Gasteiger partial charge < -0.3 is 14.8 Å². The maximum Gasteiger partial charge on any atom is 0.316 e. The Morgan fingerprint density at radius 1 is 1.18 bits per heavy atom. The summed E-state index contributed by atoms with van der Waals surface area (Å²) in [5.74, 6) is -0.869. The van der Waals surface area contributed by atoms with Crippen molar-refractivity contribution in [1.29, 1.82) is 0 Å². The van der Waals surface area contributed by atoms with Crippen molar-refractivity contribution in [2.24, 2.45) is 0 Å². The monoisotopic (exact) mass is 404 g/mol. The Balaban J connectivity index is 1.86. The fourth-order valence-electron chi connectivity index (χ4n) is 2.27. The number of nitrogens with one attached hydrogen (secondary N) is 1. The van der Waals surface area contributed by atoms with Gasteiger partial charge in [-0.25, -0.2) is 0 Å². The van der Waals surface area contributed by atoms with Crippen LogP contribution >= 0.6 is 11.8 Å². The van der Waals surface area contributed by atoms with Gasteiger partial charge in [-0.3, -0.25) is 19.7 Å². The van der Waals surface area contributed by atoms with Crippen LogP contribution in [0.15, 0.2) is 41.3 Å². The molecule has 2 aromatic rings. The van der Waals surface area contributed by atoms with Crippen LogP contribution in [0.25, 0.3) is 0 Å². The van der Waals surface area contributed by atoms with Gasteiger partial charge in [0.2, 0.25) is 0 Å². The van der Waals surface area contributed by atoms with Crippen molar-refractivity contribution >= 4 is 35.0 Å². The second-order valence-corrected chi connectivity index (χ2v) is 6.93. The van der Waals surface area contributed by atoms with E-state index in [1.54, 1.807) is 0 Å². The number of aryl methyl sites for hydroxylation is 2. The third kappa shape index (κ3) is 5.98. The summed E-state index contributed by atoms with van der Waals surface area (Å²) in [6.45, 7) is 3.46. The fraction of sp³-hybridized carbons (Fsp3) is 0.263. The molecule has 9 heteroatoms. The molecule has 0 saturated heterocycles. The van der Waals surface area contributed by atoms with Crippen LogP contribution in [0.3, 0.4) is 0 Å². The largest absolute Gasteiger partial charge is 0.494 e. The summed E-state index contributed by atoms with van der Waals surface area (Å²) in [6.07, 6.45) is 0. The summed E-state index contributed by atoms with van der Waals surface area (Å²) in [5.41, 5.74) is 2.24. The molecule has 148 valence electrons. The molecule has 28 heavy (non-hydrogen) atoms. The van der Waals surface area contributed by atoms with Crippen molar-refractivity contribution in [3.8, 4) is 5.75 Å². The van der Waals surface area contributed by atoms with Gasteiger partial charge in [-0.1, -0.05) is 17.7 Å². The highest BCUT2D eigenvalue weighted by Gasteiger charge is 2.15. The van der Waals surface area contributed by atoms with Crippen LogP contribution in [0.4, 0.5) is 11.4 Å². The Morgan fingerprint density at radius 3 is 2.61 bits per heavy atom. The van der Waals surface area contributed by atoms with E-state index in [0.717, 1.165) is 16.0 Å². The lowest BCUT2D eigenvalue weighted by molar-refractivity contribution is -0.384. The lowest BCUT2D eigenvalue weighted by Gasteiger charge is -2.10. The Morgan fingerprint density at radius 2 is 1.93 bits per heavy atom. The van der Waals surface area contributed by atoms with Crippen molar-refractivity contribution in [1.82, 2.24) is 0 Å². The number of rotatable bonds is 8. The topological polar surface area (TPSA) is 108 Å². The highest BCUT2D eigenvalue weighted by molar-refractivity contribution is 8.00. The standard InChI is InChI=1S/C19H20N2O6S/c1-12-4-5-13(2)17(8-12)28-11-19(23)27-10-18(22)20-15-7-6-14(21(24)25)9-16(15)26-3/h4-9H,10-11H2,1-3H3,(H,20,22). The van der Waals surface area contributed by atoms with E-state index >= 15 is 0 Å². The third-order valence-electron chi connectivity index (χ3n) is 3.72. The number of nitro benzene ring substituents is 1. The number of nitrogens with zero attached hydrogens (tertiary/aromatic N) is 1. The highest BCUT2D eigenvalue weighted by Crippen LogP contribution is 2.29. The normalized spacial score (nSPS) is 10.2. The molecule has 0 saturated carbocycles. The van der Waals surface area contributed by atoms with Gasteiger partial charge in [0.15, 0.2) is 6.61 Å². The second kappa shape index (κ2) is 9.75. The first-order chi connectivity index (χ1) is 13.3. The van der Waals surface area contributed by atoms with E-state index in [1.807, 2.05) is 32.0 Å². The summed E-state index contributed by atoms with van der Waals surface area (Å²) in [7, 11) is 1.33. The Labute approximate surface area is 166 Å². The third-order valence-corrected chi connectivity index (χ3v) is 4.85. The minimum Gasteiger partial charge on any atom is -0.494 e. The molecule has 0 aliphatic carbocycles. The number of benzene rings is 2. The summed E-state index contributed by atoms with van der Waals surface area (Å²) in [4.78, 5) is 35.1. The van der Waals surface area contributed by atoms with E-state index in [0.29, 0.717) is 0 Å². The van der Waals surface area contributed by atoms with E-state index in [9.17, 15) is 19.7 Å². The van der Waals surface area contributed by atoms with E-state index < -0.39 is 23.4 Å². The lowest BCUT2D eigenvalue weighted by atomic mass is 10.2. The Kier molecular flexibility index (Phi) is 7.39. The highest BCUT2D eigenvalue weighted by atomic mass is 32.2. The molecular weight excluding hydrogens is 384 g/mol. The molecule has 0 aromatic heterocycles. The van der Waals surface area contributed by atoms with Crippen LogP contribution in [-0.4, -0.2) is 36.3 Å². The smallest absolute Gasteiger partial charge is 0.316 e. The molecule has 0 fully saturated rings. The van der Waals surface area contributed by atoms with Gasteiger partial charge in [0.05, 0.1) is 29.5 Å². The van der Waals surface area contributed by atoms with Crippen LogP contribution in [-0.2, 0) is 14.3 Å². The van der Waals surface area contributed by atoms with Crippen molar-refractivity contribution in [3.05, 3.63) is 57.6 Å². The van der Waals surface area contributed by atoms with Crippen LogP contribution in [0, 0.1) is 24.0 Å². The zero-order valence-electron chi connectivity index (χ0n) is 15.7. The Bertz CT molecular complexity index is 900. The molecule has 2 aromatic carbocycles. The first-order valence-corrected chi connectivity index (χ1v) is 9.26. The molecule has 0 heterocycles. The van der Waals surface area contributed by atoms with Crippen molar-refractivity contribution < 1.29 is 24.0 Å². The quantitative estimate of drug-likeness (QED) is 0.310. The fourth-order valence-corrected chi connectivity index (χ4v) is 3.19. The van der Waals surface area contributed by atoms with E-state index in [-0.39, 0.29) is 22.9 Å². The molecule has 0 atom stereocenters. The summed E-state index contributed by atoms with van der Waals surface area (Å²) in [6, 6.07) is 9.75. The number of hydrogen-bond donors (Lipinski definition) is 1. The number of thioether (sulfide) groups is 1. The number of ether oxygens (including phenoxy) is 2. The minimum absolute atomic E-state index is 0.0818. The van der Waals surface area contributed by atoms with E-state index in [1.165, 1.54) is 37.1 Å². The number of esters is 1. The zero-order chi connectivity index (χ0) is 20.7. The van der Waals surface area contributed by atoms with Crippen LogP contribution in [0.1, 0.15) is 11.1 Å². The molecule has 2 rings (SSSR count). The molecule has 8 nitrogen and oxygen atoms in total. The van der Waals surface area contributed by atoms with Crippen LogP contribution in [0.5, 0.6) is 5.75 Å². The molecule has 0 aliphatic rings. The maximum atomic E-state index is 12.0. The summed E-state index contributed by atoms with van der Waals surface area (Å²) in [5, 5.41) is 13.3. The van der Waals surface area contributed by atoms with Crippen molar-refractivity contribution in [2.75, 3.05) is 24.8 Å². The molecule has 0 radical (unpaired) electrons. The van der Waals surface area contributed by atoms with Gasteiger partial charge in [0, 0.05) is 11.0 Å². The maximum absolute atomic E-state index is 12.0. The lowest BCUT2D eigenvalue weighted by Crippen LogP contribution is -2.22. The molecule has 0 aliphatic heterocycles. The predicted molar refractivity (Wildman–Crippen MR) is 106 cm³/mol. The number of carbonyl (C=O) groups excluding carboxylic acids is 2. The average Bonchev–Trinajstić information content (AvgIpc) is 2.67. The second-order valence-electron chi connectivity index (χ2n) is 5.91. The van der Waals surface area contributed by atoms with Gasteiger partial charge in [0.25, 0.3) is 11.6 Å². The summed E-state index contributed by atoms with van der Waals surface area (Å²) < 4.78 is 10.0. The van der Waals surface area contributed by atoms with Gasteiger partial charge in [-0.05, 0) is 31.5 Å². The SMILES string of the molecule is COc1cc([N+](=O)[O-])ccc1NC(=O)COC(=O)CSc1cc(C)ccc1C. The number of amides is 1.